The molecule has 45 heavy (non-hydrogen) atoms. The van der Waals surface area contributed by atoms with Gasteiger partial charge in [-0.2, -0.15) is 0 Å². The fourth-order valence-electron chi connectivity index (χ4n) is 6.55. The number of likely N-dealkylation sites (tertiary alicyclic amines) is 1. The van der Waals surface area contributed by atoms with Gasteiger partial charge in [-0.05, 0) is 73.9 Å². The number of piperidine rings is 1. The van der Waals surface area contributed by atoms with Crippen molar-refractivity contribution in [3.8, 4) is 17.2 Å². The first-order chi connectivity index (χ1) is 21.3. The standard InChI is InChI=1S/C33H43N3O8.ClH/c1-3-4-15-36-30(38)28(29(37)23-11-18-43-19-12-23)34-32(41)33(36)13-16-35(17-14-33)21-22-5-8-25(9-6-22)44-26-10-7-24(31(39)40)20-27(26)42-2;/h5-10,20,23,28-29,37H,3-4,11-19,21H2,1-2H3,(H,34,41)(H,39,40);1H/t28-,29-;/m1./s1. The molecule has 0 bridgehead atoms. The summed E-state index contributed by atoms with van der Waals surface area (Å²) in [6, 6.07) is 11.2. The minimum absolute atomic E-state index is 0. The number of aromatic carboxylic acids is 1. The zero-order chi connectivity index (χ0) is 31.3. The molecule has 11 nitrogen and oxygen atoms in total. The molecule has 2 aromatic rings. The first kappa shape index (κ1) is 34.5. The second kappa shape index (κ2) is 15.3. The van der Waals surface area contributed by atoms with Crippen molar-refractivity contribution in [1.29, 1.82) is 0 Å². The van der Waals surface area contributed by atoms with Crippen LogP contribution in [-0.2, 0) is 20.9 Å². The summed E-state index contributed by atoms with van der Waals surface area (Å²) < 4.78 is 16.7. The van der Waals surface area contributed by atoms with E-state index in [9.17, 15) is 24.6 Å². The van der Waals surface area contributed by atoms with Gasteiger partial charge in [0.05, 0.1) is 18.8 Å². The molecule has 0 aromatic heterocycles. The predicted molar refractivity (Wildman–Crippen MR) is 169 cm³/mol. The van der Waals surface area contributed by atoms with Gasteiger partial charge >= 0.3 is 5.97 Å². The third-order valence-corrected chi connectivity index (χ3v) is 9.23. The highest BCUT2D eigenvalue weighted by Gasteiger charge is 2.55. The molecule has 3 fully saturated rings. The lowest BCUT2D eigenvalue weighted by Gasteiger charge is -2.52. The maximum Gasteiger partial charge on any atom is 0.335 e. The van der Waals surface area contributed by atoms with Gasteiger partial charge in [0.2, 0.25) is 11.8 Å². The van der Waals surface area contributed by atoms with E-state index in [2.05, 4.69) is 17.1 Å². The van der Waals surface area contributed by atoms with E-state index in [1.807, 2.05) is 24.3 Å². The lowest BCUT2D eigenvalue weighted by Crippen LogP contribution is -2.75. The van der Waals surface area contributed by atoms with Crippen LogP contribution < -0.4 is 14.8 Å². The molecule has 12 heteroatoms. The number of carbonyl (C=O) groups excluding carboxylic acids is 2. The zero-order valence-corrected chi connectivity index (χ0v) is 26.7. The van der Waals surface area contributed by atoms with Gasteiger partial charge in [-0.15, -0.1) is 12.4 Å². The van der Waals surface area contributed by atoms with Gasteiger partial charge in [0.25, 0.3) is 0 Å². The summed E-state index contributed by atoms with van der Waals surface area (Å²) in [6.45, 7) is 5.68. The van der Waals surface area contributed by atoms with E-state index in [0.717, 1.165) is 18.4 Å². The van der Waals surface area contributed by atoms with Gasteiger partial charge in [0, 0.05) is 39.4 Å². The molecular weight excluding hydrogens is 602 g/mol. The largest absolute Gasteiger partial charge is 0.493 e. The van der Waals surface area contributed by atoms with Gasteiger partial charge < -0.3 is 34.6 Å². The van der Waals surface area contributed by atoms with Crippen LogP contribution in [0.2, 0.25) is 0 Å². The van der Waals surface area contributed by atoms with Gasteiger partial charge in [0.1, 0.15) is 17.3 Å². The lowest BCUT2D eigenvalue weighted by atomic mass is 9.79. The monoisotopic (exact) mass is 645 g/mol. The number of amides is 2. The van der Waals surface area contributed by atoms with Crippen LogP contribution in [0.5, 0.6) is 17.2 Å². The Morgan fingerprint density at radius 2 is 1.78 bits per heavy atom. The average molecular weight is 646 g/mol. The summed E-state index contributed by atoms with van der Waals surface area (Å²) >= 11 is 0. The number of carbonyl (C=O) groups is 3. The van der Waals surface area contributed by atoms with Crippen LogP contribution in [0.25, 0.3) is 0 Å². The van der Waals surface area contributed by atoms with E-state index in [4.69, 9.17) is 14.2 Å². The van der Waals surface area contributed by atoms with E-state index < -0.39 is 23.7 Å². The number of aliphatic hydroxyl groups excluding tert-OH is 1. The number of hydrogen-bond donors (Lipinski definition) is 3. The van der Waals surface area contributed by atoms with Crippen molar-refractivity contribution < 1.29 is 38.8 Å². The fourth-order valence-corrected chi connectivity index (χ4v) is 6.55. The van der Waals surface area contributed by atoms with Crippen LogP contribution >= 0.6 is 12.4 Å². The number of aliphatic hydroxyl groups is 1. The summed E-state index contributed by atoms with van der Waals surface area (Å²) in [4.78, 5) is 42.9. The summed E-state index contributed by atoms with van der Waals surface area (Å²) in [6.07, 6.45) is 3.20. The number of rotatable bonds is 11. The summed E-state index contributed by atoms with van der Waals surface area (Å²) in [5.41, 5.74) is 0.290. The molecule has 2 atom stereocenters. The highest BCUT2D eigenvalue weighted by Crippen LogP contribution is 2.36. The molecule has 5 rings (SSSR count). The maximum atomic E-state index is 13.8. The Kier molecular flexibility index (Phi) is 11.7. The van der Waals surface area contributed by atoms with Crippen LogP contribution in [0.3, 0.4) is 0 Å². The number of benzene rings is 2. The molecule has 0 radical (unpaired) electrons. The Morgan fingerprint density at radius 1 is 1.09 bits per heavy atom. The molecular formula is C33H44ClN3O8. The van der Waals surface area contributed by atoms with Crippen molar-refractivity contribution in [2.45, 2.75) is 69.7 Å². The number of hydrogen-bond acceptors (Lipinski definition) is 8. The van der Waals surface area contributed by atoms with Crippen molar-refractivity contribution in [3.63, 3.8) is 0 Å². The second-order valence-corrected chi connectivity index (χ2v) is 12.0. The predicted octanol–water partition coefficient (Wildman–Crippen LogP) is 3.86. The number of unbranched alkanes of at least 4 members (excludes halogenated alkanes) is 1. The molecule has 3 aliphatic rings. The third-order valence-electron chi connectivity index (χ3n) is 9.23. The van der Waals surface area contributed by atoms with Crippen LogP contribution in [0, 0.1) is 5.92 Å². The van der Waals surface area contributed by atoms with Crippen LogP contribution in [0.15, 0.2) is 42.5 Å². The van der Waals surface area contributed by atoms with Crippen LogP contribution in [0.4, 0.5) is 0 Å². The van der Waals surface area contributed by atoms with Crippen molar-refractivity contribution in [3.05, 3.63) is 53.6 Å². The van der Waals surface area contributed by atoms with E-state index in [1.54, 1.807) is 11.0 Å². The number of halogens is 1. The number of methoxy groups -OCH3 is 1. The number of nitrogens with zero attached hydrogens (tertiary/aromatic N) is 2. The molecule has 2 aromatic carbocycles. The molecule has 0 unspecified atom stereocenters. The van der Waals surface area contributed by atoms with Gasteiger partial charge in [0.15, 0.2) is 11.5 Å². The lowest BCUT2D eigenvalue weighted by molar-refractivity contribution is -0.166. The number of carboxylic acid groups (broad SMARTS) is 1. The zero-order valence-electron chi connectivity index (χ0n) is 25.9. The molecule has 2 amide bonds. The Hall–Kier alpha value is -3.38. The molecule has 246 valence electrons. The minimum atomic E-state index is -1.04. The molecule has 0 aliphatic carbocycles. The minimum Gasteiger partial charge on any atom is -0.493 e. The number of piperazine rings is 1. The van der Waals surface area contributed by atoms with Gasteiger partial charge in [-0.1, -0.05) is 25.5 Å². The van der Waals surface area contributed by atoms with E-state index in [1.165, 1.54) is 19.2 Å². The van der Waals surface area contributed by atoms with Crippen LogP contribution in [-0.4, -0.2) is 95.4 Å². The Bertz CT molecular complexity index is 1330. The van der Waals surface area contributed by atoms with Crippen molar-refractivity contribution in [2.75, 3.05) is 40.0 Å². The Labute approximate surface area is 270 Å². The average Bonchev–Trinajstić information content (AvgIpc) is 3.05. The smallest absolute Gasteiger partial charge is 0.335 e. The fraction of sp³-hybridized carbons (Fsp3) is 0.545. The van der Waals surface area contributed by atoms with E-state index >= 15 is 0 Å². The second-order valence-electron chi connectivity index (χ2n) is 12.0. The van der Waals surface area contributed by atoms with Crippen molar-refractivity contribution >= 4 is 30.2 Å². The molecule has 3 heterocycles. The summed E-state index contributed by atoms with van der Waals surface area (Å²) in [5, 5.41) is 23.3. The normalized spacial score (nSPS) is 21.1. The topological polar surface area (TPSA) is 138 Å². The highest BCUT2D eigenvalue weighted by molar-refractivity contribution is 6.00. The SMILES string of the molecule is CCCCN1C(=O)[C@@H]([C@H](O)C2CCOCC2)NC(=O)C12CCN(Cc1ccc(Oc3ccc(C(=O)O)cc3OC)cc1)CC2.Cl. The summed E-state index contributed by atoms with van der Waals surface area (Å²) in [5.74, 6) is -0.0957. The molecule has 3 saturated heterocycles. The van der Waals surface area contributed by atoms with Crippen LogP contribution in [0.1, 0.15) is 61.4 Å². The Balaban J connectivity index is 0.00000461. The highest BCUT2D eigenvalue weighted by atomic mass is 35.5. The van der Waals surface area contributed by atoms with E-state index in [0.29, 0.717) is 82.3 Å². The first-order valence-corrected chi connectivity index (χ1v) is 15.5. The third kappa shape index (κ3) is 7.54. The number of carboxylic acids is 1. The molecule has 3 N–H and O–H groups in total. The quantitative estimate of drug-likeness (QED) is 0.333. The Morgan fingerprint density at radius 3 is 2.40 bits per heavy atom. The molecule has 3 aliphatic heterocycles. The van der Waals surface area contributed by atoms with Crippen molar-refractivity contribution in [1.82, 2.24) is 15.1 Å². The molecule has 0 saturated carbocycles. The summed E-state index contributed by atoms with van der Waals surface area (Å²) in [7, 11) is 1.46. The van der Waals surface area contributed by atoms with Gasteiger partial charge in [-0.25, -0.2) is 4.79 Å². The van der Waals surface area contributed by atoms with Crippen molar-refractivity contribution in [2.24, 2.45) is 5.92 Å². The molecule has 1 spiro atoms. The first-order valence-electron chi connectivity index (χ1n) is 15.5. The van der Waals surface area contributed by atoms with Gasteiger partial charge in [-0.3, -0.25) is 14.5 Å². The number of ether oxygens (including phenoxy) is 3. The number of nitrogens with one attached hydrogen (secondary N) is 1. The maximum absolute atomic E-state index is 13.8. The van der Waals surface area contributed by atoms with E-state index in [-0.39, 0.29) is 35.7 Å².